The van der Waals surface area contributed by atoms with Crippen molar-refractivity contribution in [3.05, 3.63) is 0 Å². The quantitative estimate of drug-likeness (QED) is 0.531. The predicted octanol–water partition coefficient (Wildman–Crippen LogP) is -0.449. The molecule has 4 nitrogen and oxygen atoms in total. The number of hydrogen-bond donors (Lipinski definition) is 1. The first-order valence-corrected chi connectivity index (χ1v) is 3.25. The zero-order valence-corrected chi connectivity index (χ0v) is 5.89. The summed E-state index contributed by atoms with van der Waals surface area (Å²) < 4.78 is 4.72. The summed E-state index contributed by atoms with van der Waals surface area (Å²) in [5, 5.41) is 2.91. The topological polar surface area (TPSA) is 50.7 Å². The Morgan fingerprint density at radius 1 is 1.90 bits per heavy atom. The lowest BCUT2D eigenvalue weighted by molar-refractivity contribution is -0.135. The summed E-state index contributed by atoms with van der Waals surface area (Å²) in [6, 6.07) is 0. The van der Waals surface area contributed by atoms with Gasteiger partial charge in [-0.3, -0.25) is 10.3 Å². The van der Waals surface area contributed by atoms with Crippen LogP contribution in [0.3, 0.4) is 0 Å². The standard InChI is InChI=1S/C6H10N2O2/c1-2-10-6(9)5-3-7-4-8-5/h7H,2-4H2,1H3. The molecule has 0 unspecified atom stereocenters. The van der Waals surface area contributed by atoms with E-state index in [1.54, 1.807) is 6.92 Å². The van der Waals surface area contributed by atoms with E-state index < -0.39 is 0 Å². The van der Waals surface area contributed by atoms with E-state index >= 15 is 0 Å². The van der Waals surface area contributed by atoms with E-state index in [0.29, 0.717) is 25.5 Å². The molecular formula is C6H10N2O2. The van der Waals surface area contributed by atoms with E-state index in [1.165, 1.54) is 0 Å². The fourth-order valence-corrected chi connectivity index (χ4v) is 0.733. The van der Waals surface area contributed by atoms with Crippen molar-refractivity contribution in [3.8, 4) is 0 Å². The molecule has 0 aromatic heterocycles. The zero-order chi connectivity index (χ0) is 7.40. The molecule has 0 radical (unpaired) electrons. The molecule has 0 fully saturated rings. The zero-order valence-electron chi connectivity index (χ0n) is 5.89. The molecule has 0 saturated carbocycles. The molecule has 0 aromatic rings. The maximum atomic E-state index is 10.9. The number of esters is 1. The minimum absolute atomic E-state index is 0.299. The Hall–Kier alpha value is -0.900. The minimum Gasteiger partial charge on any atom is -0.461 e. The van der Waals surface area contributed by atoms with E-state index in [4.69, 9.17) is 4.74 Å². The molecule has 0 spiro atoms. The van der Waals surface area contributed by atoms with E-state index in [-0.39, 0.29) is 5.97 Å². The lowest BCUT2D eigenvalue weighted by Gasteiger charge is -1.98. The fraction of sp³-hybridized carbons (Fsp3) is 0.667. The van der Waals surface area contributed by atoms with E-state index in [9.17, 15) is 4.79 Å². The van der Waals surface area contributed by atoms with Crippen LogP contribution < -0.4 is 5.32 Å². The number of nitrogens with one attached hydrogen (secondary N) is 1. The van der Waals surface area contributed by atoms with Crippen molar-refractivity contribution >= 4 is 11.7 Å². The molecule has 0 aromatic carbocycles. The SMILES string of the molecule is CCOC(=O)C1=NCNC1. The summed E-state index contributed by atoms with van der Waals surface area (Å²) in [7, 11) is 0. The molecule has 1 heterocycles. The molecular weight excluding hydrogens is 132 g/mol. The Bertz CT molecular complexity index is 165. The molecule has 0 bridgehead atoms. The Labute approximate surface area is 59.3 Å². The number of nitrogens with zero attached hydrogens (tertiary/aromatic N) is 1. The van der Waals surface area contributed by atoms with Crippen molar-refractivity contribution in [2.45, 2.75) is 6.92 Å². The van der Waals surface area contributed by atoms with Gasteiger partial charge in [0.25, 0.3) is 0 Å². The normalized spacial score (nSPS) is 16.7. The lowest BCUT2D eigenvalue weighted by atomic mass is 10.4. The van der Waals surface area contributed by atoms with Gasteiger partial charge in [0.15, 0.2) is 0 Å². The number of ether oxygens (including phenoxy) is 1. The Kier molecular flexibility index (Phi) is 2.39. The summed E-state index contributed by atoms with van der Waals surface area (Å²) in [5.74, 6) is -0.299. The first kappa shape index (κ1) is 7.21. The van der Waals surface area contributed by atoms with Gasteiger partial charge >= 0.3 is 5.97 Å². The van der Waals surface area contributed by atoms with Crippen LogP contribution in [-0.4, -0.2) is 31.5 Å². The largest absolute Gasteiger partial charge is 0.461 e. The number of carbonyl (C=O) groups excluding carboxylic acids is 1. The van der Waals surface area contributed by atoms with Gasteiger partial charge in [0, 0.05) is 6.54 Å². The average Bonchev–Trinajstić information content (AvgIpc) is 2.38. The van der Waals surface area contributed by atoms with Gasteiger partial charge in [0.05, 0.1) is 13.3 Å². The highest BCUT2D eigenvalue weighted by Gasteiger charge is 2.14. The van der Waals surface area contributed by atoms with Crippen molar-refractivity contribution in [2.75, 3.05) is 19.8 Å². The van der Waals surface area contributed by atoms with Crippen molar-refractivity contribution < 1.29 is 9.53 Å². The molecule has 1 aliphatic heterocycles. The average molecular weight is 142 g/mol. The van der Waals surface area contributed by atoms with Gasteiger partial charge in [-0.25, -0.2) is 4.79 Å². The third-order valence-electron chi connectivity index (χ3n) is 1.19. The van der Waals surface area contributed by atoms with Gasteiger partial charge in [-0.05, 0) is 6.92 Å². The van der Waals surface area contributed by atoms with E-state index in [2.05, 4.69) is 10.3 Å². The molecule has 4 heteroatoms. The van der Waals surface area contributed by atoms with Crippen LogP contribution in [0.2, 0.25) is 0 Å². The summed E-state index contributed by atoms with van der Waals surface area (Å²) in [6.45, 7) is 3.27. The van der Waals surface area contributed by atoms with Gasteiger partial charge in [-0.2, -0.15) is 0 Å². The Morgan fingerprint density at radius 3 is 3.20 bits per heavy atom. The van der Waals surface area contributed by atoms with Crippen LogP contribution in [0.5, 0.6) is 0 Å². The van der Waals surface area contributed by atoms with Crippen LogP contribution in [-0.2, 0) is 9.53 Å². The van der Waals surface area contributed by atoms with E-state index in [1.807, 2.05) is 0 Å². The van der Waals surface area contributed by atoms with Crippen LogP contribution >= 0.6 is 0 Å². The van der Waals surface area contributed by atoms with Crippen LogP contribution in [0.25, 0.3) is 0 Å². The van der Waals surface area contributed by atoms with Crippen LogP contribution in [0, 0.1) is 0 Å². The van der Waals surface area contributed by atoms with Crippen LogP contribution in [0.15, 0.2) is 4.99 Å². The second-order valence-corrected chi connectivity index (χ2v) is 1.91. The number of rotatable bonds is 2. The van der Waals surface area contributed by atoms with Gasteiger partial charge in [-0.1, -0.05) is 0 Å². The summed E-state index contributed by atoms with van der Waals surface area (Å²) >= 11 is 0. The smallest absolute Gasteiger partial charge is 0.353 e. The highest BCUT2D eigenvalue weighted by Crippen LogP contribution is 1.89. The first-order chi connectivity index (χ1) is 4.84. The lowest BCUT2D eigenvalue weighted by Crippen LogP contribution is -2.22. The number of carbonyl (C=O) groups is 1. The third kappa shape index (κ3) is 1.54. The van der Waals surface area contributed by atoms with Gasteiger partial charge in [-0.15, -0.1) is 0 Å². The molecule has 0 atom stereocenters. The molecule has 1 N–H and O–H groups in total. The molecule has 56 valence electrons. The predicted molar refractivity (Wildman–Crippen MR) is 36.9 cm³/mol. The van der Waals surface area contributed by atoms with Gasteiger partial charge in [0.2, 0.25) is 0 Å². The molecule has 1 aliphatic rings. The van der Waals surface area contributed by atoms with Crippen LogP contribution in [0.1, 0.15) is 6.92 Å². The third-order valence-corrected chi connectivity index (χ3v) is 1.19. The molecule has 0 amide bonds. The van der Waals surface area contributed by atoms with Gasteiger partial charge < -0.3 is 4.74 Å². The summed E-state index contributed by atoms with van der Waals surface area (Å²) in [4.78, 5) is 14.7. The number of hydrogen-bond acceptors (Lipinski definition) is 4. The maximum Gasteiger partial charge on any atom is 0.353 e. The second-order valence-electron chi connectivity index (χ2n) is 1.91. The molecule has 1 rings (SSSR count). The van der Waals surface area contributed by atoms with E-state index in [0.717, 1.165) is 0 Å². The van der Waals surface area contributed by atoms with Crippen molar-refractivity contribution in [3.63, 3.8) is 0 Å². The highest BCUT2D eigenvalue weighted by molar-refractivity contribution is 6.37. The Morgan fingerprint density at radius 2 is 2.70 bits per heavy atom. The summed E-state index contributed by atoms with van der Waals surface area (Å²) in [5.41, 5.74) is 0.502. The Balaban J connectivity index is 2.40. The van der Waals surface area contributed by atoms with Gasteiger partial charge in [0.1, 0.15) is 5.71 Å². The van der Waals surface area contributed by atoms with Crippen molar-refractivity contribution in [1.29, 1.82) is 0 Å². The van der Waals surface area contributed by atoms with Crippen LogP contribution in [0.4, 0.5) is 0 Å². The molecule has 10 heavy (non-hydrogen) atoms. The first-order valence-electron chi connectivity index (χ1n) is 3.25. The van der Waals surface area contributed by atoms with Crippen molar-refractivity contribution in [2.24, 2.45) is 4.99 Å². The maximum absolute atomic E-state index is 10.9. The monoisotopic (exact) mass is 142 g/mol. The molecule has 0 aliphatic carbocycles. The highest BCUT2D eigenvalue weighted by atomic mass is 16.5. The molecule has 0 saturated heterocycles. The fourth-order valence-electron chi connectivity index (χ4n) is 0.733. The second kappa shape index (κ2) is 3.31. The summed E-state index contributed by atoms with van der Waals surface area (Å²) in [6.07, 6.45) is 0. The minimum atomic E-state index is -0.299. The van der Waals surface area contributed by atoms with Crippen molar-refractivity contribution in [1.82, 2.24) is 5.32 Å². The number of aliphatic imine (C=N–C) groups is 1.